The fourth-order valence-corrected chi connectivity index (χ4v) is 8.48. The SMILES string of the molecule is c1cc(-c2c3ccccc3c(-c3cc4c5ccccc5oc4c4ccccc34)c3ccccc23)cc(-n2c3ccccc3c3ccccc32)c1. The summed E-state index contributed by atoms with van der Waals surface area (Å²) in [6, 6.07) is 63.8. The van der Waals surface area contributed by atoms with E-state index in [-0.39, 0.29) is 0 Å². The summed E-state index contributed by atoms with van der Waals surface area (Å²) in [6.07, 6.45) is 0. The number of nitrogens with zero attached hydrogens (tertiary/aromatic N) is 1. The summed E-state index contributed by atoms with van der Waals surface area (Å²) in [5.74, 6) is 0. The van der Waals surface area contributed by atoms with Gasteiger partial charge in [0, 0.05) is 32.6 Å². The van der Waals surface area contributed by atoms with Gasteiger partial charge in [-0.3, -0.25) is 0 Å². The second kappa shape index (κ2) is 10.4. The van der Waals surface area contributed by atoms with Crippen LogP contribution in [0.2, 0.25) is 0 Å². The molecular weight excluding hydrogens is 607 g/mol. The molecule has 9 aromatic carbocycles. The third-order valence-corrected chi connectivity index (χ3v) is 10.6. The van der Waals surface area contributed by atoms with Crippen molar-refractivity contribution in [3.05, 3.63) is 176 Å². The fraction of sp³-hybridized carbons (Fsp3) is 0. The lowest BCUT2D eigenvalue weighted by atomic mass is 9.84. The lowest BCUT2D eigenvalue weighted by molar-refractivity contribution is 0.672. The van der Waals surface area contributed by atoms with Crippen LogP contribution in [0.5, 0.6) is 0 Å². The topological polar surface area (TPSA) is 18.1 Å². The Labute approximate surface area is 288 Å². The number of hydrogen-bond donors (Lipinski definition) is 0. The molecule has 11 rings (SSSR count). The van der Waals surface area contributed by atoms with Crippen molar-refractivity contribution in [2.75, 3.05) is 0 Å². The zero-order chi connectivity index (χ0) is 32.8. The van der Waals surface area contributed by atoms with E-state index in [1.165, 1.54) is 71.0 Å². The maximum Gasteiger partial charge on any atom is 0.143 e. The van der Waals surface area contributed by atoms with Crippen LogP contribution in [0.4, 0.5) is 0 Å². The molecule has 50 heavy (non-hydrogen) atoms. The third-order valence-electron chi connectivity index (χ3n) is 10.6. The van der Waals surface area contributed by atoms with E-state index in [0.717, 1.165) is 33.0 Å². The number of para-hydroxylation sites is 3. The van der Waals surface area contributed by atoms with E-state index < -0.39 is 0 Å². The van der Waals surface area contributed by atoms with Crippen molar-refractivity contribution in [2.45, 2.75) is 0 Å². The molecule has 2 heterocycles. The van der Waals surface area contributed by atoms with Crippen molar-refractivity contribution in [2.24, 2.45) is 0 Å². The molecule has 232 valence electrons. The van der Waals surface area contributed by atoms with Gasteiger partial charge in [0.2, 0.25) is 0 Å². The van der Waals surface area contributed by atoms with Gasteiger partial charge in [-0.1, -0.05) is 140 Å². The lowest BCUT2D eigenvalue weighted by Crippen LogP contribution is -1.95. The highest BCUT2D eigenvalue weighted by Crippen LogP contribution is 2.48. The van der Waals surface area contributed by atoms with Gasteiger partial charge in [0.15, 0.2) is 0 Å². The van der Waals surface area contributed by atoms with Crippen LogP contribution in [-0.2, 0) is 0 Å². The van der Waals surface area contributed by atoms with Crippen LogP contribution < -0.4 is 0 Å². The Balaban J connectivity index is 1.23. The molecule has 2 nitrogen and oxygen atoms in total. The summed E-state index contributed by atoms with van der Waals surface area (Å²) in [5, 5.41) is 12.1. The van der Waals surface area contributed by atoms with E-state index >= 15 is 0 Å². The summed E-state index contributed by atoms with van der Waals surface area (Å²) in [7, 11) is 0. The van der Waals surface area contributed by atoms with Crippen molar-refractivity contribution in [1.29, 1.82) is 0 Å². The Kier molecular flexibility index (Phi) is 5.70. The van der Waals surface area contributed by atoms with Crippen LogP contribution >= 0.6 is 0 Å². The van der Waals surface area contributed by atoms with Gasteiger partial charge < -0.3 is 8.98 Å². The molecule has 2 aromatic heterocycles. The average molecular weight is 636 g/mol. The van der Waals surface area contributed by atoms with Crippen molar-refractivity contribution >= 4 is 76.1 Å². The van der Waals surface area contributed by atoms with Crippen molar-refractivity contribution < 1.29 is 4.42 Å². The first-order valence-electron chi connectivity index (χ1n) is 17.2. The summed E-state index contributed by atoms with van der Waals surface area (Å²) >= 11 is 0. The Morgan fingerprint density at radius 3 is 1.48 bits per heavy atom. The molecule has 0 atom stereocenters. The van der Waals surface area contributed by atoms with Crippen molar-refractivity contribution in [3.63, 3.8) is 0 Å². The van der Waals surface area contributed by atoms with E-state index in [2.05, 4.69) is 174 Å². The maximum atomic E-state index is 6.50. The van der Waals surface area contributed by atoms with Gasteiger partial charge in [0.05, 0.1) is 11.0 Å². The smallest absolute Gasteiger partial charge is 0.143 e. The molecule has 0 saturated carbocycles. The lowest BCUT2D eigenvalue weighted by Gasteiger charge is -2.19. The van der Waals surface area contributed by atoms with Gasteiger partial charge >= 0.3 is 0 Å². The molecule has 2 heteroatoms. The monoisotopic (exact) mass is 635 g/mol. The van der Waals surface area contributed by atoms with Gasteiger partial charge in [-0.25, -0.2) is 0 Å². The minimum absolute atomic E-state index is 0.915. The highest BCUT2D eigenvalue weighted by atomic mass is 16.3. The second-order valence-electron chi connectivity index (χ2n) is 13.2. The standard InChI is InChI=1S/C48H29NO/c1-6-24-40-32(16-1)41(29-42-35-19-9-12-27-45(35)50-48(40)42)47-38-22-4-2-20-36(38)46(37-21-3-5-23-39(37)47)30-14-13-15-31(28-30)49-43-25-10-7-17-33(43)34-18-8-11-26-44(34)49/h1-29H. The van der Waals surface area contributed by atoms with Gasteiger partial charge in [-0.15, -0.1) is 0 Å². The molecular formula is C48H29NO. The first-order chi connectivity index (χ1) is 24.8. The van der Waals surface area contributed by atoms with E-state index in [0.29, 0.717) is 0 Å². The molecule has 0 amide bonds. The summed E-state index contributed by atoms with van der Waals surface area (Å²) in [6.45, 7) is 0. The predicted octanol–water partition coefficient (Wildman–Crippen LogP) is 13.5. The Bertz CT molecular complexity index is 3050. The molecule has 0 bridgehead atoms. The first-order valence-corrected chi connectivity index (χ1v) is 17.2. The first kappa shape index (κ1) is 27.3. The number of benzene rings is 9. The van der Waals surface area contributed by atoms with Crippen LogP contribution in [0, 0.1) is 0 Å². The Hall–Kier alpha value is -6.64. The highest BCUT2D eigenvalue weighted by molar-refractivity contribution is 6.27. The van der Waals surface area contributed by atoms with Crippen LogP contribution in [0.3, 0.4) is 0 Å². The molecule has 0 unspecified atom stereocenters. The van der Waals surface area contributed by atoms with Gasteiger partial charge in [-0.2, -0.15) is 0 Å². The number of hydrogen-bond acceptors (Lipinski definition) is 1. The number of fused-ring (bicyclic) bond motifs is 10. The van der Waals surface area contributed by atoms with Crippen LogP contribution in [0.15, 0.2) is 180 Å². The third kappa shape index (κ3) is 3.79. The minimum Gasteiger partial charge on any atom is -0.455 e. The number of rotatable bonds is 3. The molecule has 0 saturated heterocycles. The number of aromatic nitrogens is 1. The van der Waals surface area contributed by atoms with E-state index in [1.807, 2.05) is 6.07 Å². The van der Waals surface area contributed by atoms with Gasteiger partial charge in [-0.05, 0) is 85.6 Å². The van der Waals surface area contributed by atoms with Crippen LogP contribution in [0.1, 0.15) is 0 Å². The average Bonchev–Trinajstić information content (AvgIpc) is 3.73. The molecule has 0 fully saturated rings. The highest BCUT2D eigenvalue weighted by Gasteiger charge is 2.21. The minimum atomic E-state index is 0.915. The van der Waals surface area contributed by atoms with Crippen molar-refractivity contribution in [1.82, 2.24) is 4.57 Å². The molecule has 11 aromatic rings. The summed E-state index contributed by atoms with van der Waals surface area (Å²) in [4.78, 5) is 0. The molecule has 0 aliphatic rings. The largest absolute Gasteiger partial charge is 0.455 e. The molecule has 0 aliphatic heterocycles. The fourth-order valence-electron chi connectivity index (χ4n) is 8.48. The predicted molar refractivity (Wildman–Crippen MR) is 211 cm³/mol. The Morgan fingerprint density at radius 2 is 0.840 bits per heavy atom. The zero-order valence-corrected chi connectivity index (χ0v) is 27.1. The molecule has 0 aliphatic carbocycles. The molecule has 0 N–H and O–H groups in total. The van der Waals surface area contributed by atoms with Gasteiger partial charge in [0.1, 0.15) is 11.2 Å². The van der Waals surface area contributed by atoms with Crippen LogP contribution in [-0.4, -0.2) is 4.57 Å². The molecule has 0 spiro atoms. The zero-order valence-electron chi connectivity index (χ0n) is 27.1. The second-order valence-corrected chi connectivity index (χ2v) is 13.2. The van der Waals surface area contributed by atoms with E-state index in [1.54, 1.807) is 0 Å². The van der Waals surface area contributed by atoms with Crippen LogP contribution in [0.25, 0.3) is 104 Å². The maximum absolute atomic E-state index is 6.50. The summed E-state index contributed by atoms with van der Waals surface area (Å²) in [5.41, 5.74) is 10.4. The number of furan rings is 1. The van der Waals surface area contributed by atoms with E-state index in [9.17, 15) is 0 Å². The quantitative estimate of drug-likeness (QED) is 0.177. The molecule has 0 radical (unpaired) electrons. The van der Waals surface area contributed by atoms with Gasteiger partial charge in [0.25, 0.3) is 0 Å². The van der Waals surface area contributed by atoms with E-state index in [4.69, 9.17) is 4.42 Å². The Morgan fingerprint density at radius 1 is 0.340 bits per heavy atom. The summed E-state index contributed by atoms with van der Waals surface area (Å²) < 4.78 is 8.91. The van der Waals surface area contributed by atoms with Crippen molar-refractivity contribution in [3.8, 4) is 27.9 Å². The normalized spacial score (nSPS) is 12.0.